The molecule has 1 aliphatic rings. The van der Waals surface area contributed by atoms with E-state index >= 15 is 0 Å². The van der Waals surface area contributed by atoms with Gasteiger partial charge in [-0.2, -0.15) is 0 Å². The minimum absolute atomic E-state index is 0.163. The summed E-state index contributed by atoms with van der Waals surface area (Å²) in [4.78, 5) is 12.3. The molecule has 1 saturated carbocycles. The third-order valence-corrected chi connectivity index (χ3v) is 4.96. The van der Waals surface area contributed by atoms with Crippen LogP contribution in [0.5, 0.6) is 0 Å². The Balaban J connectivity index is 1.84. The third kappa shape index (κ3) is 6.34. The molecular formula is C20H31NO2. The molecule has 23 heavy (non-hydrogen) atoms. The van der Waals surface area contributed by atoms with Crippen LogP contribution in [0.2, 0.25) is 0 Å². The van der Waals surface area contributed by atoms with E-state index in [1.807, 2.05) is 18.2 Å². The fourth-order valence-electron chi connectivity index (χ4n) is 3.79. The van der Waals surface area contributed by atoms with E-state index in [1.165, 1.54) is 31.2 Å². The van der Waals surface area contributed by atoms with Crippen LogP contribution in [0.3, 0.4) is 0 Å². The topological polar surface area (TPSA) is 49.3 Å². The second-order valence-corrected chi connectivity index (χ2v) is 7.34. The van der Waals surface area contributed by atoms with Gasteiger partial charge in [0.15, 0.2) is 0 Å². The molecule has 0 saturated heterocycles. The van der Waals surface area contributed by atoms with Crippen molar-refractivity contribution in [3.8, 4) is 0 Å². The first-order valence-corrected chi connectivity index (χ1v) is 9.04. The highest BCUT2D eigenvalue weighted by Crippen LogP contribution is 2.30. The monoisotopic (exact) mass is 317 g/mol. The predicted octanol–water partition coefficient (Wildman–Crippen LogP) is 3.87. The molecule has 1 aromatic rings. The highest BCUT2D eigenvalue weighted by atomic mass is 16.3. The number of aliphatic hydroxyl groups is 1. The molecule has 4 atom stereocenters. The van der Waals surface area contributed by atoms with E-state index < -0.39 is 0 Å². The van der Waals surface area contributed by atoms with Crippen LogP contribution in [-0.2, 0) is 4.79 Å². The molecule has 0 spiro atoms. The van der Waals surface area contributed by atoms with E-state index in [4.69, 9.17) is 0 Å². The Labute approximate surface area is 140 Å². The largest absolute Gasteiger partial charge is 0.393 e. The Morgan fingerprint density at radius 2 is 2.04 bits per heavy atom. The second-order valence-electron chi connectivity index (χ2n) is 7.34. The summed E-state index contributed by atoms with van der Waals surface area (Å²) in [5, 5.41) is 12.8. The van der Waals surface area contributed by atoms with Crippen molar-refractivity contribution in [3.05, 3.63) is 35.9 Å². The van der Waals surface area contributed by atoms with Crippen molar-refractivity contribution in [2.75, 3.05) is 6.54 Å². The molecule has 0 bridgehead atoms. The zero-order chi connectivity index (χ0) is 16.7. The normalized spacial score (nSPS) is 24.0. The summed E-state index contributed by atoms with van der Waals surface area (Å²) >= 11 is 0. The molecule has 1 fully saturated rings. The highest BCUT2D eigenvalue weighted by Gasteiger charge is 2.22. The summed E-state index contributed by atoms with van der Waals surface area (Å²) in [5.74, 6) is 1.64. The Kier molecular flexibility index (Phi) is 7.10. The van der Waals surface area contributed by atoms with E-state index in [0.29, 0.717) is 25.3 Å². The van der Waals surface area contributed by atoms with Crippen LogP contribution < -0.4 is 5.32 Å². The Morgan fingerprint density at radius 3 is 2.70 bits per heavy atom. The van der Waals surface area contributed by atoms with Crippen LogP contribution in [0.25, 0.3) is 0 Å². The van der Waals surface area contributed by atoms with Crippen LogP contribution >= 0.6 is 0 Å². The number of carbonyl (C=O) groups is 1. The predicted molar refractivity (Wildman–Crippen MR) is 94.2 cm³/mol. The Bertz CT molecular complexity index is 472. The zero-order valence-corrected chi connectivity index (χ0v) is 14.5. The number of aliphatic hydroxyl groups excluding tert-OH is 1. The van der Waals surface area contributed by atoms with Crippen LogP contribution in [-0.4, -0.2) is 23.7 Å². The van der Waals surface area contributed by atoms with Gasteiger partial charge >= 0.3 is 0 Å². The van der Waals surface area contributed by atoms with Crippen LogP contribution in [0, 0.1) is 11.8 Å². The number of carbonyl (C=O) groups excluding carboxylic acids is 1. The Morgan fingerprint density at radius 1 is 1.30 bits per heavy atom. The van der Waals surface area contributed by atoms with Crippen molar-refractivity contribution in [1.29, 1.82) is 0 Å². The maximum atomic E-state index is 12.3. The van der Waals surface area contributed by atoms with Gasteiger partial charge in [-0.15, -0.1) is 0 Å². The molecule has 128 valence electrons. The molecule has 1 aromatic carbocycles. The van der Waals surface area contributed by atoms with Crippen molar-refractivity contribution in [1.82, 2.24) is 5.32 Å². The molecule has 2 rings (SSSR count). The quantitative estimate of drug-likeness (QED) is 0.802. The maximum absolute atomic E-state index is 12.3. The molecule has 0 aromatic heterocycles. The molecule has 3 heteroatoms. The van der Waals surface area contributed by atoms with E-state index in [-0.39, 0.29) is 17.9 Å². The zero-order valence-electron chi connectivity index (χ0n) is 14.5. The number of hydrogen-bond acceptors (Lipinski definition) is 2. The molecule has 0 heterocycles. The number of benzene rings is 1. The molecule has 0 aliphatic heterocycles. The first-order valence-electron chi connectivity index (χ1n) is 9.04. The lowest BCUT2D eigenvalue weighted by molar-refractivity contribution is -0.122. The second kappa shape index (κ2) is 9.07. The molecule has 1 amide bonds. The summed E-state index contributed by atoms with van der Waals surface area (Å²) in [6.07, 6.45) is 5.90. The van der Waals surface area contributed by atoms with Crippen LogP contribution in [0.4, 0.5) is 0 Å². The van der Waals surface area contributed by atoms with Crippen molar-refractivity contribution in [3.63, 3.8) is 0 Å². The van der Waals surface area contributed by atoms with Gasteiger partial charge in [-0.05, 0) is 43.6 Å². The molecule has 3 nitrogen and oxygen atoms in total. The first kappa shape index (κ1) is 18.0. The van der Waals surface area contributed by atoms with Gasteiger partial charge in [0.1, 0.15) is 0 Å². The first-order chi connectivity index (χ1) is 11.0. The maximum Gasteiger partial charge on any atom is 0.220 e. The SMILES string of the molecule is CC(O)CC(CNC(=O)CC1CCCC(C)C1)c1ccccc1. The van der Waals surface area contributed by atoms with Crippen LogP contribution in [0.15, 0.2) is 30.3 Å². The average Bonchev–Trinajstić information content (AvgIpc) is 2.52. The number of rotatable bonds is 7. The van der Waals surface area contributed by atoms with Gasteiger partial charge in [0.25, 0.3) is 0 Å². The van der Waals surface area contributed by atoms with Crippen molar-refractivity contribution in [2.45, 2.75) is 64.4 Å². The highest BCUT2D eigenvalue weighted by molar-refractivity contribution is 5.76. The lowest BCUT2D eigenvalue weighted by atomic mass is 9.81. The standard InChI is InChI=1S/C20H31NO2/c1-15-7-6-8-17(11-15)13-20(23)21-14-19(12-16(2)22)18-9-4-3-5-10-18/h3-5,9-10,15-17,19,22H,6-8,11-14H2,1-2H3,(H,21,23). The van der Waals surface area contributed by atoms with E-state index in [0.717, 1.165) is 5.92 Å². The summed E-state index contributed by atoms with van der Waals surface area (Å²) < 4.78 is 0. The van der Waals surface area contributed by atoms with Crippen molar-refractivity contribution in [2.24, 2.45) is 11.8 Å². The summed E-state index contributed by atoms with van der Waals surface area (Å²) in [5.41, 5.74) is 1.18. The molecule has 0 radical (unpaired) electrons. The van der Waals surface area contributed by atoms with Crippen molar-refractivity contribution >= 4 is 5.91 Å². The summed E-state index contributed by atoms with van der Waals surface area (Å²) in [6, 6.07) is 10.2. The number of nitrogens with one attached hydrogen (secondary N) is 1. The van der Waals surface area contributed by atoms with E-state index in [2.05, 4.69) is 24.4 Å². The van der Waals surface area contributed by atoms with Crippen molar-refractivity contribution < 1.29 is 9.90 Å². The summed E-state index contributed by atoms with van der Waals surface area (Å²) in [6.45, 7) is 4.70. The molecular weight excluding hydrogens is 286 g/mol. The lowest BCUT2D eigenvalue weighted by Crippen LogP contribution is -2.31. The average molecular weight is 317 g/mol. The smallest absolute Gasteiger partial charge is 0.220 e. The van der Waals surface area contributed by atoms with Gasteiger partial charge in [0.05, 0.1) is 6.10 Å². The van der Waals surface area contributed by atoms with E-state index in [1.54, 1.807) is 6.92 Å². The van der Waals surface area contributed by atoms with Gasteiger partial charge in [-0.1, -0.05) is 50.1 Å². The van der Waals surface area contributed by atoms with Gasteiger partial charge in [0, 0.05) is 18.9 Å². The number of amides is 1. The minimum Gasteiger partial charge on any atom is -0.393 e. The van der Waals surface area contributed by atoms with Gasteiger partial charge < -0.3 is 10.4 Å². The third-order valence-electron chi connectivity index (χ3n) is 4.96. The van der Waals surface area contributed by atoms with Crippen LogP contribution in [0.1, 0.15) is 63.9 Å². The molecule has 4 unspecified atom stereocenters. The van der Waals surface area contributed by atoms with Gasteiger partial charge in [0.2, 0.25) is 5.91 Å². The molecule has 1 aliphatic carbocycles. The fourth-order valence-corrected chi connectivity index (χ4v) is 3.79. The molecule has 2 N–H and O–H groups in total. The van der Waals surface area contributed by atoms with Gasteiger partial charge in [-0.25, -0.2) is 0 Å². The Hall–Kier alpha value is -1.35. The minimum atomic E-state index is -0.365. The van der Waals surface area contributed by atoms with Gasteiger partial charge in [-0.3, -0.25) is 4.79 Å². The lowest BCUT2D eigenvalue weighted by Gasteiger charge is -2.26. The number of hydrogen-bond donors (Lipinski definition) is 2. The summed E-state index contributed by atoms with van der Waals surface area (Å²) in [7, 11) is 0. The fraction of sp³-hybridized carbons (Fsp3) is 0.650. The van der Waals surface area contributed by atoms with E-state index in [9.17, 15) is 9.90 Å².